The van der Waals surface area contributed by atoms with E-state index in [-0.39, 0.29) is 0 Å². The Kier molecular flexibility index (Phi) is 6.90. The topological polar surface area (TPSA) is 16.4 Å². The summed E-state index contributed by atoms with van der Waals surface area (Å²) in [5.74, 6) is 0. The molecular formula is C52H33NO. The zero-order chi connectivity index (χ0) is 35.6. The van der Waals surface area contributed by atoms with Gasteiger partial charge in [0.05, 0.1) is 11.1 Å². The van der Waals surface area contributed by atoms with Crippen molar-refractivity contribution >= 4 is 82.1 Å². The molecule has 0 amide bonds. The summed E-state index contributed by atoms with van der Waals surface area (Å²) in [7, 11) is 0. The van der Waals surface area contributed by atoms with Crippen molar-refractivity contribution < 1.29 is 4.42 Å². The first-order chi connectivity index (χ1) is 26.8. The van der Waals surface area contributed by atoms with Crippen LogP contribution in [0.2, 0.25) is 0 Å². The molecule has 11 rings (SSSR count). The maximum Gasteiger partial charge on any atom is 0.143 e. The van der Waals surface area contributed by atoms with Gasteiger partial charge in [-0.05, 0) is 108 Å². The first-order valence-electron chi connectivity index (χ1n) is 18.5. The number of fused-ring (bicyclic) bond motifs is 9. The van der Waals surface area contributed by atoms with Gasteiger partial charge in [0.1, 0.15) is 11.2 Å². The number of furan rings is 1. The number of benzene rings is 10. The third kappa shape index (κ3) is 4.81. The van der Waals surface area contributed by atoms with Crippen LogP contribution in [0, 0.1) is 0 Å². The Hall–Kier alpha value is -7.16. The minimum Gasteiger partial charge on any atom is -0.455 e. The number of rotatable bonds is 5. The molecule has 10 aromatic carbocycles. The molecule has 2 nitrogen and oxygen atoms in total. The molecule has 1 aromatic heterocycles. The van der Waals surface area contributed by atoms with Crippen LogP contribution >= 0.6 is 0 Å². The zero-order valence-electron chi connectivity index (χ0n) is 29.4. The molecule has 11 aromatic rings. The predicted octanol–water partition coefficient (Wildman–Crippen LogP) is 15.0. The summed E-state index contributed by atoms with van der Waals surface area (Å²) >= 11 is 0. The molecule has 0 bridgehead atoms. The normalized spacial score (nSPS) is 11.7. The molecule has 0 unspecified atom stereocenters. The number of nitrogens with zero attached hydrogens (tertiary/aromatic N) is 1. The highest BCUT2D eigenvalue weighted by Crippen LogP contribution is 2.45. The summed E-state index contributed by atoms with van der Waals surface area (Å²) in [6, 6.07) is 72.2. The average Bonchev–Trinajstić information content (AvgIpc) is 3.64. The molecule has 0 saturated carbocycles. The van der Waals surface area contributed by atoms with Gasteiger partial charge in [-0.2, -0.15) is 0 Å². The van der Waals surface area contributed by atoms with Gasteiger partial charge in [0.25, 0.3) is 0 Å². The van der Waals surface area contributed by atoms with E-state index in [1.165, 1.54) is 60.0 Å². The fraction of sp³-hybridized carbons (Fsp3) is 0. The van der Waals surface area contributed by atoms with Crippen LogP contribution < -0.4 is 4.90 Å². The van der Waals surface area contributed by atoms with Crippen molar-refractivity contribution in [1.82, 2.24) is 0 Å². The van der Waals surface area contributed by atoms with E-state index in [1.54, 1.807) is 0 Å². The van der Waals surface area contributed by atoms with Crippen molar-refractivity contribution in [2.24, 2.45) is 0 Å². The van der Waals surface area contributed by atoms with Crippen LogP contribution in [0.1, 0.15) is 0 Å². The number of hydrogen-bond donors (Lipinski definition) is 0. The molecule has 0 radical (unpaired) electrons. The van der Waals surface area contributed by atoms with Gasteiger partial charge in [0.2, 0.25) is 0 Å². The van der Waals surface area contributed by atoms with Crippen molar-refractivity contribution in [3.05, 3.63) is 200 Å². The molecule has 1 heterocycles. The van der Waals surface area contributed by atoms with Gasteiger partial charge in [-0.25, -0.2) is 0 Å². The Bertz CT molecular complexity index is 3200. The fourth-order valence-electron chi connectivity index (χ4n) is 8.50. The van der Waals surface area contributed by atoms with Gasteiger partial charge < -0.3 is 9.32 Å². The predicted molar refractivity (Wildman–Crippen MR) is 229 cm³/mol. The van der Waals surface area contributed by atoms with E-state index in [0.717, 1.165) is 44.4 Å². The van der Waals surface area contributed by atoms with Gasteiger partial charge in [0.15, 0.2) is 0 Å². The highest BCUT2D eigenvalue weighted by molar-refractivity contribution is 6.20. The van der Waals surface area contributed by atoms with Gasteiger partial charge >= 0.3 is 0 Å². The molecule has 0 N–H and O–H groups in total. The Balaban J connectivity index is 1.10. The molecule has 0 spiro atoms. The highest BCUT2D eigenvalue weighted by atomic mass is 16.3. The SMILES string of the molecule is c1ccc2c(-c3ccc(N(c4ccc(-c5cc6ccccc6c6ccccc56)cc4)c4cccc5oc6c7ccccc7ccc6c45)cc3)cccc2c1. The lowest BCUT2D eigenvalue weighted by Gasteiger charge is -2.27. The van der Waals surface area contributed by atoms with Crippen LogP contribution in [-0.4, -0.2) is 0 Å². The van der Waals surface area contributed by atoms with E-state index in [9.17, 15) is 0 Å². The molecule has 0 fully saturated rings. The summed E-state index contributed by atoms with van der Waals surface area (Å²) in [6.45, 7) is 0. The monoisotopic (exact) mass is 687 g/mol. The van der Waals surface area contributed by atoms with Crippen molar-refractivity contribution in [2.75, 3.05) is 4.90 Å². The molecule has 54 heavy (non-hydrogen) atoms. The Labute approximate surface area is 312 Å². The lowest BCUT2D eigenvalue weighted by atomic mass is 9.93. The number of hydrogen-bond acceptors (Lipinski definition) is 2. The lowest BCUT2D eigenvalue weighted by Crippen LogP contribution is -2.10. The van der Waals surface area contributed by atoms with E-state index in [0.29, 0.717) is 0 Å². The van der Waals surface area contributed by atoms with Crippen molar-refractivity contribution in [1.29, 1.82) is 0 Å². The molecule has 0 saturated heterocycles. The Morgan fingerprint density at radius 1 is 0.333 bits per heavy atom. The molecule has 0 aliphatic rings. The lowest BCUT2D eigenvalue weighted by molar-refractivity contribution is 0.672. The quantitative estimate of drug-likeness (QED) is 0.168. The van der Waals surface area contributed by atoms with E-state index >= 15 is 0 Å². The maximum absolute atomic E-state index is 6.67. The second-order valence-corrected chi connectivity index (χ2v) is 14.1. The molecule has 252 valence electrons. The highest BCUT2D eigenvalue weighted by Gasteiger charge is 2.21. The Morgan fingerprint density at radius 2 is 0.889 bits per heavy atom. The summed E-state index contributed by atoms with van der Waals surface area (Å²) in [5.41, 5.74) is 9.84. The number of anilines is 3. The smallest absolute Gasteiger partial charge is 0.143 e. The van der Waals surface area contributed by atoms with E-state index in [2.05, 4.69) is 205 Å². The van der Waals surface area contributed by atoms with Crippen molar-refractivity contribution in [2.45, 2.75) is 0 Å². The van der Waals surface area contributed by atoms with E-state index < -0.39 is 0 Å². The standard InChI is InChI=1S/C52H33NO/c1-4-15-41-34(11-1)14-9-20-42(41)36-23-28-39(29-24-36)53(49-21-10-22-50-51(49)47-32-27-35-12-2-6-17-44(35)52(47)54-50)40-30-25-37(26-31-40)48-33-38-13-3-5-16-43(38)45-18-7-8-19-46(45)48/h1-33H. The van der Waals surface area contributed by atoms with Crippen molar-refractivity contribution in [3.63, 3.8) is 0 Å². The minimum absolute atomic E-state index is 0.871. The van der Waals surface area contributed by atoms with Crippen LogP contribution in [0.15, 0.2) is 205 Å². The third-order valence-corrected chi connectivity index (χ3v) is 11.0. The first-order valence-corrected chi connectivity index (χ1v) is 18.5. The summed E-state index contributed by atoms with van der Waals surface area (Å²) in [5, 5.41) is 12.0. The summed E-state index contributed by atoms with van der Waals surface area (Å²) < 4.78 is 6.67. The molecule has 0 aliphatic carbocycles. The largest absolute Gasteiger partial charge is 0.455 e. The van der Waals surface area contributed by atoms with Gasteiger partial charge in [-0.3, -0.25) is 0 Å². The average molecular weight is 688 g/mol. The van der Waals surface area contributed by atoms with Gasteiger partial charge in [-0.15, -0.1) is 0 Å². The van der Waals surface area contributed by atoms with E-state index in [4.69, 9.17) is 4.42 Å². The first kappa shape index (κ1) is 30.5. The molecule has 2 heteroatoms. The summed E-state index contributed by atoms with van der Waals surface area (Å²) in [4.78, 5) is 2.38. The van der Waals surface area contributed by atoms with Crippen LogP contribution in [0.5, 0.6) is 0 Å². The fourth-order valence-corrected chi connectivity index (χ4v) is 8.50. The van der Waals surface area contributed by atoms with Crippen LogP contribution in [0.25, 0.3) is 87.3 Å². The van der Waals surface area contributed by atoms with E-state index in [1.807, 2.05) is 0 Å². The van der Waals surface area contributed by atoms with Gasteiger partial charge in [0, 0.05) is 22.1 Å². The van der Waals surface area contributed by atoms with Gasteiger partial charge in [-0.1, -0.05) is 152 Å². The molecule has 0 aliphatic heterocycles. The van der Waals surface area contributed by atoms with Crippen LogP contribution in [0.4, 0.5) is 17.1 Å². The van der Waals surface area contributed by atoms with Crippen LogP contribution in [-0.2, 0) is 0 Å². The van der Waals surface area contributed by atoms with Crippen LogP contribution in [0.3, 0.4) is 0 Å². The second-order valence-electron chi connectivity index (χ2n) is 14.1. The maximum atomic E-state index is 6.67. The van der Waals surface area contributed by atoms with Crippen molar-refractivity contribution in [3.8, 4) is 22.3 Å². The summed E-state index contributed by atoms with van der Waals surface area (Å²) in [6.07, 6.45) is 0. The second kappa shape index (κ2) is 12.2. The molecular weight excluding hydrogens is 655 g/mol. The zero-order valence-corrected chi connectivity index (χ0v) is 29.4. The Morgan fingerprint density at radius 3 is 1.63 bits per heavy atom. The minimum atomic E-state index is 0.871. The third-order valence-electron chi connectivity index (χ3n) is 11.0. The molecule has 0 atom stereocenters.